The lowest BCUT2D eigenvalue weighted by Crippen LogP contribution is -2.17. The highest BCUT2D eigenvalue weighted by atomic mass is 16.5. The number of hydrogen-bond acceptors (Lipinski definition) is 5. The summed E-state index contributed by atoms with van der Waals surface area (Å²) in [6.45, 7) is 0. The van der Waals surface area contributed by atoms with Crippen LogP contribution in [0.5, 0.6) is 11.5 Å². The van der Waals surface area contributed by atoms with Crippen molar-refractivity contribution in [3.8, 4) is 11.5 Å². The SMILES string of the molecule is COc1ccc(/C=C/C(=O)Oc2ccc(/C=N\NC(=O)c3ccccc3)cc2)cc1. The predicted molar refractivity (Wildman–Crippen MR) is 116 cm³/mol. The van der Waals surface area contributed by atoms with Crippen molar-refractivity contribution in [1.82, 2.24) is 5.43 Å². The van der Waals surface area contributed by atoms with Gasteiger partial charge in [0, 0.05) is 11.6 Å². The molecule has 1 amide bonds. The maximum Gasteiger partial charge on any atom is 0.336 e. The van der Waals surface area contributed by atoms with Crippen LogP contribution in [0, 0.1) is 0 Å². The molecular weight excluding hydrogens is 380 g/mol. The maximum atomic E-state index is 12.0. The highest BCUT2D eigenvalue weighted by Gasteiger charge is 2.03. The molecule has 0 aromatic heterocycles. The van der Waals surface area contributed by atoms with Crippen molar-refractivity contribution in [3.05, 3.63) is 102 Å². The Labute approximate surface area is 174 Å². The van der Waals surface area contributed by atoms with E-state index < -0.39 is 5.97 Å². The van der Waals surface area contributed by atoms with E-state index in [0.717, 1.165) is 16.9 Å². The van der Waals surface area contributed by atoms with E-state index in [1.807, 2.05) is 30.3 Å². The van der Waals surface area contributed by atoms with E-state index in [9.17, 15) is 9.59 Å². The highest BCUT2D eigenvalue weighted by molar-refractivity contribution is 5.94. The van der Waals surface area contributed by atoms with Crippen molar-refractivity contribution in [2.45, 2.75) is 0 Å². The lowest BCUT2D eigenvalue weighted by Gasteiger charge is -2.02. The van der Waals surface area contributed by atoms with Gasteiger partial charge in [-0.3, -0.25) is 4.79 Å². The van der Waals surface area contributed by atoms with Crippen LogP contribution >= 0.6 is 0 Å². The first-order valence-corrected chi connectivity index (χ1v) is 9.16. The van der Waals surface area contributed by atoms with E-state index in [0.29, 0.717) is 11.3 Å². The van der Waals surface area contributed by atoms with Crippen molar-refractivity contribution >= 4 is 24.2 Å². The van der Waals surface area contributed by atoms with Gasteiger partial charge in [0.2, 0.25) is 0 Å². The Hall–Kier alpha value is -4.19. The number of hydrazone groups is 1. The Morgan fingerprint density at radius 1 is 0.833 bits per heavy atom. The number of nitrogens with one attached hydrogen (secondary N) is 1. The number of nitrogens with zero attached hydrogens (tertiary/aromatic N) is 1. The summed E-state index contributed by atoms with van der Waals surface area (Å²) < 4.78 is 10.4. The molecule has 0 spiro atoms. The van der Waals surface area contributed by atoms with Gasteiger partial charge in [-0.2, -0.15) is 5.10 Å². The predicted octanol–water partition coefficient (Wildman–Crippen LogP) is 4.08. The van der Waals surface area contributed by atoms with Crippen molar-refractivity contribution < 1.29 is 19.1 Å². The fourth-order valence-corrected chi connectivity index (χ4v) is 2.47. The Balaban J connectivity index is 1.50. The summed E-state index contributed by atoms with van der Waals surface area (Å²) in [4.78, 5) is 23.9. The number of ether oxygens (including phenoxy) is 2. The smallest absolute Gasteiger partial charge is 0.336 e. The number of methoxy groups -OCH3 is 1. The number of carbonyl (C=O) groups excluding carboxylic acids is 2. The molecule has 3 aromatic rings. The van der Waals surface area contributed by atoms with Gasteiger partial charge in [0.05, 0.1) is 13.3 Å². The minimum absolute atomic E-state index is 0.291. The van der Waals surface area contributed by atoms with Crippen LogP contribution < -0.4 is 14.9 Å². The zero-order valence-electron chi connectivity index (χ0n) is 16.3. The van der Waals surface area contributed by atoms with Crippen LogP contribution in [0.1, 0.15) is 21.5 Å². The lowest BCUT2D eigenvalue weighted by atomic mass is 10.2. The normalized spacial score (nSPS) is 10.8. The largest absolute Gasteiger partial charge is 0.497 e. The third-order valence-corrected chi connectivity index (χ3v) is 4.04. The molecule has 6 nitrogen and oxygen atoms in total. The molecule has 1 N–H and O–H groups in total. The molecule has 0 unspecified atom stereocenters. The third kappa shape index (κ3) is 6.17. The molecule has 0 bridgehead atoms. The summed E-state index contributed by atoms with van der Waals surface area (Å²) in [5, 5.41) is 3.93. The molecule has 0 aliphatic heterocycles. The molecule has 0 radical (unpaired) electrons. The molecule has 0 atom stereocenters. The van der Waals surface area contributed by atoms with Crippen LogP contribution in [-0.2, 0) is 4.79 Å². The van der Waals surface area contributed by atoms with Gasteiger partial charge in [-0.1, -0.05) is 30.3 Å². The number of esters is 1. The Morgan fingerprint density at radius 3 is 2.13 bits per heavy atom. The number of carbonyl (C=O) groups is 2. The van der Waals surface area contributed by atoms with Crippen LogP contribution in [0.25, 0.3) is 6.08 Å². The average molecular weight is 400 g/mol. The zero-order chi connectivity index (χ0) is 21.2. The first kappa shape index (κ1) is 20.5. The summed E-state index contributed by atoms with van der Waals surface area (Å²) in [6.07, 6.45) is 4.53. The third-order valence-electron chi connectivity index (χ3n) is 4.04. The maximum absolute atomic E-state index is 12.0. The van der Waals surface area contributed by atoms with Crippen LogP contribution in [0.3, 0.4) is 0 Å². The van der Waals surface area contributed by atoms with Crippen molar-refractivity contribution in [2.24, 2.45) is 5.10 Å². The van der Waals surface area contributed by atoms with Crippen LogP contribution in [0.2, 0.25) is 0 Å². The highest BCUT2D eigenvalue weighted by Crippen LogP contribution is 2.14. The van der Waals surface area contributed by atoms with Crippen LogP contribution in [-0.4, -0.2) is 25.2 Å². The topological polar surface area (TPSA) is 77.0 Å². The monoisotopic (exact) mass is 400 g/mol. The van der Waals surface area contributed by atoms with E-state index in [-0.39, 0.29) is 5.91 Å². The minimum atomic E-state index is -0.484. The van der Waals surface area contributed by atoms with Gasteiger partial charge >= 0.3 is 5.97 Å². The van der Waals surface area contributed by atoms with Gasteiger partial charge in [-0.15, -0.1) is 0 Å². The Bertz CT molecular complexity index is 1040. The van der Waals surface area contributed by atoms with Crippen molar-refractivity contribution in [3.63, 3.8) is 0 Å². The van der Waals surface area contributed by atoms with Gasteiger partial charge in [0.15, 0.2) is 0 Å². The van der Waals surface area contributed by atoms with Gasteiger partial charge in [-0.25, -0.2) is 10.2 Å². The fourth-order valence-electron chi connectivity index (χ4n) is 2.47. The number of amides is 1. The van der Waals surface area contributed by atoms with Gasteiger partial charge in [-0.05, 0) is 65.7 Å². The molecule has 0 fully saturated rings. The minimum Gasteiger partial charge on any atom is -0.497 e. The van der Waals surface area contributed by atoms with Gasteiger partial charge in [0.1, 0.15) is 11.5 Å². The Kier molecular flexibility index (Phi) is 7.11. The van der Waals surface area contributed by atoms with Crippen molar-refractivity contribution in [1.29, 1.82) is 0 Å². The average Bonchev–Trinajstić information content (AvgIpc) is 2.79. The summed E-state index contributed by atoms with van der Waals surface area (Å²) in [5.41, 5.74) is 4.59. The Morgan fingerprint density at radius 2 is 1.47 bits per heavy atom. The molecule has 150 valence electrons. The van der Waals surface area contributed by atoms with Gasteiger partial charge < -0.3 is 9.47 Å². The van der Waals surface area contributed by atoms with E-state index in [1.165, 1.54) is 12.3 Å². The number of rotatable bonds is 7. The molecule has 30 heavy (non-hydrogen) atoms. The lowest BCUT2D eigenvalue weighted by molar-refractivity contribution is -0.128. The molecule has 3 aromatic carbocycles. The van der Waals surface area contributed by atoms with Gasteiger partial charge in [0.25, 0.3) is 5.91 Å². The molecule has 0 aliphatic carbocycles. The first-order valence-electron chi connectivity index (χ1n) is 9.16. The van der Waals surface area contributed by atoms with Crippen molar-refractivity contribution in [2.75, 3.05) is 7.11 Å². The summed E-state index contributed by atoms with van der Waals surface area (Å²) in [6, 6.07) is 22.9. The first-order chi connectivity index (χ1) is 14.6. The van der Waals surface area contributed by atoms with E-state index in [2.05, 4.69) is 10.5 Å². The second kappa shape index (κ2) is 10.4. The molecule has 6 heteroatoms. The van der Waals surface area contributed by atoms with E-state index >= 15 is 0 Å². The number of hydrogen-bond donors (Lipinski definition) is 1. The molecule has 0 heterocycles. The molecule has 0 saturated carbocycles. The molecule has 0 aliphatic rings. The summed E-state index contributed by atoms with van der Waals surface area (Å²) in [7, 11) is 1.60. The molecule has 0 saturated heterocycles. The fraction of sp³-hybridized carbons (Fsp3) is 0.0417. The molecule has 3 rings (SSSR count). The van der Waals surface area contributed by atoms with E-state index in [4.69, 9.17) is 9.47 Å². The summed E-state index contributed by atoms with van der Waals surface area (Å²) in [5.74, 6) is 0.381. The van der Waals surface area contributed by atoms with Crippen LogP contribution in [0.4, 0.5) is 0 Å². The van der Waals surface area contributed by atoms with Crippen LogP contribution in [0.15, 0.2) is 90.0 Å². The molecular formula is C24H20N2O4. The zero-order valence-corrected chi connectivity index (χ0v) is 16.3. The second-order valence-electron chi connectivity index (χ2n) is 6.16. The van der Waals surface area contributed by atoms with E-state index in [1.54, 1.807) is 61.7 Å². The summed E-state index contributed by atoms with van der Waals surface area (Å²) >= 11 is 0. The standard InChI is InChI=1S/C24H20N2O4/c1-29-21-12-7-18(8-13-21)11-16-23(27)30-22-14-9-19(10-15-22)17-25-26-24(28)20-5-3-2-4-6-20/h2-17H,1H3,(H,26,28)/b16-11+,25-17-. The quantitative estimate of drug-likeness (QED) is 0.213. The number of benzene rings is 3. The second-order valence-corrected chi connectivity index (χ2v) is 6.16.